The van der Waals surface area contributed by atoms with E-state index in [0.717, 1.165) is 6.08 Å². The van der Waals surface area contributed by atoms with Crippen LogP contribution in [-0.4, -0.2) is 29.8 Å². The molecule has 7 nitrogen and oxygen atoms in total. The van der Waals surface area contributed by atoms with Crippen LogP contribution in [0.15, 0.2) is 30.9 Å². The van der Waals surface area contributed by atoms with Crippen LogP contribution in [0.25, 0.3) is 0 Å². The molecule has 0 aliphatic heterocycles. The zero-order valence-corrected chi connectivity index (χ0v) is 11.0. The third-order valence-electron chi connectivity index (χ3n) is 2.56. The molecule has 0 saturated carbocycles. The lowest BCUT2D eigenvalue weighted by Crippen LogP contribution is -2.34. The fourth-order valence-electron chi connectivity index (χ4n) is 1.55. The highest BCUT2D eigenvalue weighted by atomic mass is 16.6. The summed E-state index contributed by atoms with van der Waals surface area (Å²) in [6.07, 6.45) is 1.14. The maximum Gasteiger partial charge on any atom is 0.269 e. The molecule has 2 N–H and O–H groups in total. The number of carbonyl (C=O) groups is 2. The summed E-state index contributed by atoms with van der Waals surface area (Å²) in [7, 11) is 0. The van der Waals surface area contributed by atoms with Gasteiger partial charge in [0.05, 0.1) is 4.92 Å². The van der Waals surface area contributed by atoms with E-state index in [-0.39, 0.29) is 30.6 Å². The number of hydrogen-bond acceptors (Lipinski definition) is 4. The van der Waals surface area contributed by atoms with Gasteiger partial charge in [-0.2, -0.15) is 0 Å². The molecular formula is C13H15N3O4. The molecule has 0 unspecified atom stereocenters. The molecule has 1 aromatic carbocycles. The minimum absolute atomic E-state index is 0.0581. The van der Waals surface area contributed by atoms with Crippen molar-refractivity contribution in [3.05, 3.63) is 52.1 Å². The Labute approximate surface area is 115 Å². The number of non-ortho nitro benzene ring substituents is 1. The summed E-state index contributed by atoms with van der Waals surface area (Å²) in [6, 6.07) is 4.03. The zero-order valence-electron chi connectivity index (χ0n) is 11.0. The van der Waals surface area contributed by atoms with E-state index < -0.39 is 4.92 Å². The van der Waals surface area contributed by atoms with Crippen LogP contribution in [0.2, 0.25) is 0 Å². The van der Waals surface area contributed by atoms with Gasteiger partial charge in [-0.15, -0.1) is 0 Å². The van der Waals surface area contributed by atoms with Crippen LogP contribution in [0.4, 0.5) is 5.69 Å². The Morgan fingerprint density at radius 1 is 1.35 bits per heavy atom. The van der Waals surface area contributed by atoms with Crippen molar-refractivity contribution in [3.8, 4) is 0 Å². The number of nitro benzene ring substituents is 1. The standard InChI is InChI=1S/C13H15N3O4/c1-3-12(17)14-6-7-15-13(18)11-5-4-10(16(19)20)8-9(11)2/h3-5,8H,1,6-7H2,2H3,(H,14,17)(H,15,18). The second-order valence-corrected chi connectivity index (χ2v) is 4.01. The fourth-order valence-corrected chi connectivity index (χ4v) is 1.55. The van der Waals surface area contributed by atoms with Gasteiger partial charge in [0.1, 0.15) is 0 Å². The minimum Gasteiger partial charge on any atom is -0.351 e. The van der Waals surface area contributed by atoms with Gasteiger partial charge in [-0.3, -0.25) is 19.7 Å². The summed E-state index contributed by atoms with van der Waals surface area (Å²) >= 11 is 0. The molecule has 0 heterocycles. The molecule has 0 fully saturated rings. The number of aryl methyl sites for hydroxylation is 1. The van der Waals surface area contributed by atoms with Gasteiger partial charge in [-0.1, -0.05) is 6.58 Å². The lowest BCUT2D eigenvalue weighted by atomic mass is 10.1. The number of hydrogen-bond donors (Lipinski definition) is 2. The second-order valence-electron chi connectivity index (χ2n) is 4.01. The van der Waals surface area contributed by atoms with E-state index in [1.54, 1.807) is 6.92 Å². The predicted octanol–water partition coefficient (Wildman–Crippen LogP) is 0.935. The minimum atomic E-state index is -0.514. The van der Waals surface area contributed by atoms with Crippen molar-refractivity contribution in [1.29, 1.82) is 0 Å². The summed E-state index contributed by atoms with van der Waals surface area (Å²) in [6.45, 7) is 5.47. The Morgan fingerprint density at radius 3 is 2.55 bits per heavy atom. The largest absolute Gasteiger partial charge is 0.351 e. The van der Waals surface area contributed by atoms with Crippen LogP contribution in [0.3, 0.4) is 0 Å². The molecule has 0 atom stereocenters. The molecule has 0 aliphatic rings. The van der Waals surface area contributed by atoms with Crippen LogP contribution >= 0.6 is 0 Å². The average Bonchev–Trinajstić information content (AvgIpc) is 2.42. The SMILES string of the molecule is C=CC(=O)NCCNC(=O)c1ccc([N+](=O)[O-])cc1C. The molecule has 0 bridgehead atoms. The van der Waals surface area contributed by atoms with Gasteiger partial charge in [0.25, 0.3) is 11.6 Å². The number of benzene rings is 1. The molecule has 1 aromatic rings. The topological polar surface area (TPSA) is 101 Å². The number of nitro groups is 1. The zero-order chi connectivity index (χ0) is 15.1. The lowest BCUT2D eigenvalue weighted by Gasteiger charge is -2.08. The van der Waals surface area contributed by atoms with Crippen LogP contribution < -0.4 is 10.6 Å². The number of carbonyl (C=O) groups excluding carboxylic acids is 2. The second kappa shape index (κ2) is 7.03. The van der Waals surface area contributed by atoms with E-state index in [1.165, 1.54) is 18.2 Å². The highest BCUT2D eigenvalue weighted by Gasteiger charge is 2.12. The van der Waals surface area contributed by atoms with Crippen molar-refractivity contribution in [2.24, 2.45) is 0 Å². The highest BCUT2D eigenvalue weighted by Crippen LogP contribution is 2.16. The molecule has 0 aromatic heterocycles. The van der Waals surface area contributed by atoms with E-state index in [4.69, 9.17) is 0 Å². The number of nitrogens with zero attached hydrogens (tertiary/aromatic N) is 1. The monoisotopic (exact) mass is 277 g/mol. The average molecular weight is 277 g/mol. The smallest absolute Gasteiger partial charge is 0.269 e. The van der Waals surface area contributed by atoms with Crippen LogP contribution in [0.1, 0.15) is 15.9 Å². The quantitative estimate of drug-likeness (QED) is 0.349. The Bertz CT molecular complexity index is 555. The number of rotatable bonds is 6. The Balaban J connectivity index is 2.57. The molecule has 0 aliphatic carbocycles. The molecule has 0 radical (unpaired) electrons. The first-order chi connectivity index (χ1) is 9.45. The molecule has 2 amide bonds. The maximum absolute atomic E-state index is 11.8. The van der Waals surface area contributed by atoms with Gasteiger partial charge in [-0.05, 0) is 24.6 Å². The summed E-state index contributed by atoms with van der Waals surface area (Å²) in [5.74, 6) is -0.656. The fraction of sp³-hybridized carbons (Fsp3) is 0.231. The molecule has 0 spiro atoms. The Morgan fingerprint density at radius 2 is 2.00 bits per heavy atom. The normalized spacial score (nSPS) is 9.65. The third kappa shape index (κ3) is 4.20. The Kier molecular flexibility index (Phi) is 5.40. The first kappa shape index (κ1) is 15.4. The van der Waals surface area contributed by atoms with Crippen molar-refractivity contribution < 1.29 is 14.5 Å². The van der Waals surface area contributed by atoms with Crippen molar-refractivity contribution in [3.63, 3.8) is 0 Å². The summed E-state index contributed by atoms with van der Waals surface area (Å²) in [5, 5.41) is 15.7. The number of amides is 2. The summed E-state index contributed by atoms with van der Waals surface area (Å²) in [4.78, 5) is 32.8. The van der Waals surface area contributed by atoms with Gasteiger partial charge >= 0.3 is 0 Å². The lowest BCUT2D eigenvalue weighted by molar-refractivity contribution is -0.384. The molecule has 1 rings (SSSR count). The molecule has 0 saturated heterocycles. The van der Waals surface area contributed by atoms with E-state index in [0.29, 0.717) is 11.1 Å². The maximum atomic E-state index is 11.8. The molecule has 106 valence electrons. The number of nitrogens with one attached hydrogen (secondary N) is 2. The van der Waals surface area contributed by atoms with Gasteiger partial charge in [0.15, 0.2) is 0 Å². The van der Waals surface area contributed by atoms with Crippen molar-refractivity contribution >= 4 is 17.5 Å². The van der Waals surface area contributed by atoms with Gasteiger partial charge < -0.3 is 10.6 Å². The Hall–Kier alpha value is -2.70. The summed E-state index contributed by atoms with van der Waals surface area (Å²) < 4.78 is 0. The van der Waals surface area contributed by atoms with Crippen molar-refractivity contribution in [2.45, 2.75) is 6.92 Å². The first-order valence-corrected chi connectivity index (χ1v) is 5.89. The summed E-state index contributed by atoms with van der Waals surface area (Å²) in [5.41, 5.74) is 0.828. The van der Waals surface area contributed by atoms with Gasteiger partial charge in [0.2, 0.25) is 5.91 Å². The van der Waals surface area contributed by atoms with E-state index >= 15 is 0 Å². The van der Waals surface area contributed by atoms with E-state index in [2.05, 4.69) is 17.2 Å². The highest BCUT2D eigenvalue weighted by molar-refractivity contribution is 5.96. The van der Waals surface area contributed by atoms with E-state index in [1.807, 2.05) is 0 Å². The third-order valence-corrected chi connectivity index (χ3v) is 2.56. The van der Waals surface area contributed by atoms with Crippen LogP contribution in [0.5, 0.6) is 0 Å². The van der Waals surface area contributed by atoms with Crippen molar-refractivity contribution in [1.82, 2.24) is 10.6 Å². The van der Waals surface area contributed by atoms with Gasteiger partial charge in [-0.25, -0.2) is 0 Å². The molecule has 20 heavy (non-hydrogen) atoms. The first-order valence-electron chi connectivity index (χ1n) is 5.89. The molecular weight excluding hydrogens is 262 g/mol. The van der Waals surface area contributed by atoms with Crippen LogP contribution in [-0.2, 0) is 4.79 Å². The van der Waals surface area contributed by atoms with E-state index in [9.17, 15) is 19.7 Å². The molecule has 7 heteroatoms. The predicted molar refractivity (Wildman–Crippen MR) is 73.4 cm³/mol. The van der Waals surface area contributed by atoms with Crippen LogP contribution in [0, 0.1) is 17.0 Å². The van der Waals surface area contributed by atoms with Gasteiger partial charge in [0, 0.05) is 30.8 Å². The van der Waals surface area contributed by atoms with Crippen molar-refractivity contribution in [2.75, 3.05) is 13.1 Å².